The minimum Gasteiger partial charge on any atom is -0.381 e. The Kier molecular flexibility index (Phi) is 4.39. The highest BCUT2D eigenvalue weighted by Crippen LogP contribution is 1.99. The smallest absolute Gasteiger partial charge is 0.0469 e. The molecular weight excluding hydrogens is 150 g/mol. The predicted octanol–water partition coefficient (Wildman–Crippen LogP) is 1.86. The Morgan fingerprint density at radius 2 is 2.42 bits per heavy atom. The molecule has 0 atom stereocenters. The lowest BCUT2D eigenvalue weighted by atomic mass is 10.2. The van der Waals surface area contributed by atoms with E-state index < -0.39 is 0 Å². The van der Waals surface area contributed by atoms with Crippen LogP contribution >= 0.6 is 0 Å². The first-order chi connectivity index (χ1) is 5.93. The van der Waals surface area contributed by atoms with E-state index in [-0.39, 0.29) is 0 Å². The fraction of sp³-hybridized carbons (Fsp3) is 0.400. The molecule has 1 radical (unpaired) electrons. The number of aromatic nitrogens is 1. The molecule has 0 spiro atoms. The second-order valence-electron chi connectivity index (χ2n) is 2.58. The van der Waals surface area contributed by atoms with E-state index in [2.05, 4.69) is 18.0 Å². The standard InChI is InChI=1S/C10H14NO/c1-2-12-8-4-6-10-5-3-7-11-9-10/h3,5,7,9H,1-2,4,6,8H2. The van der Waals surface area contributed by atoms with Crippen LogP contribution in [-0.2, 0) is 11.2 Å². The summed E-state index contributed by atoms with van der Waals surface area (Å²) in [6, 6.07) is 4.04. The number of hydrogen-bond acceptors (Lipinski definition) is 2. The molecule has 0 saturated heterocycles. The molecule has 12 heavy (non-hydrogen) atoms. The van der Waals surface area contributed by atoms with Crippen molar-refractivity contribution in [2.45, 2.75) is 12.8 Å². The van der Waals surface area contributed by atoms with Crippen LogP contribution in [0.4, 0.5) is 0 Å². The lowest BCUT2D eigenvalue weighted by Crippen LogP contribution is -1.96. The second-order valence-corrected chi connectivity index (χ2v) is 2.58. The van der Waals surface area contributed by atoms with Crippen LogP contribution in [0.2, 0.25) is 0 Å². The van der Waals surface area contributed by atoms with Crippen molar-refractivity contribution < 1.29 is 4.74 Å². The van der Waals surface area contributed by atoms with Crippen molar-refractivity contribution in [1.29, 1.82) is 0 Å². The third kappa shape index (κ3) is 3.49. The zero-order valence-electron chi connectivity index (χ0n) is 7.20. The van der Waals surface area contributed by atoms with Gasteiger partial charge in [-0.25, -0.2) is 0 Å². The third-order valence-corrected chi connectivity index (χ3v) is 1.62. The van der Waals surface area contributed by atoms with Gasteiger partial charge in [0.2, 0.25) is 0 Å². The molecule has 0 aliphatic carbocycles. The second kappa shape index (κ2) is 5.72. The van der Waals surface area contributed by atoms with Gasteiger partial charge < -0.3 is 4.74 Å². The Labute approximate surface area is 73.6 Å². The Balaban J connectivity index is 2.16. The van der Waals surface area contributed by atoms with Crippen molar-refractivity contribution in [2.24, 2.45) is 0 Å². The molecule has 1 aromatic rings. The van der Waals surface area contributed by atoms with Gasteiger partial charge in [-0.15, -0.1) is 0 Å². The molecule has 0 bridgehead atoms. The van der Waals surface area contributed by atoms with Crippen molar-refractivity contribution >= 4 is 0 Å². The molecule has 2 heteroatoms. The van der Waals surface area contributed by atoms with Crippen LogP contribution in [0.3, 0.4) is 0 Å². The first-order valence-corrected chi connectivity index (χ1v) is 4.19. The Morgan fingerprint density at radius 1 is 1.50 bits per heavy atom. The molecule has 1 heterocycles. The summed E-state index contributed by atoms with van der Waals surface area (Å²) in [5.41, 5.74) is 1.27. The first kappa shape index (κ1) is 9.20. The maximum absolute atomic E-state index is 5.12. The summed E-state index contributed by atoms with van der Waals surface area (Å²) < 4.78 is 5.12. The van der Waals surface area contributed by atoms with E-state index >= 15 is 0 Å². The normalized spacial score (nSPS) is 10.1. The van der Waals surface area contributed by atoms with Crippen molar-refractivity contribution in [3.63, 3.8) is 0 Å². The van der Waals surface area contributed by atoms with Crippen molar-refractivity contribution in [3.05, 3.63) is 37.0 Å². The molecule has 1 aromatic heterocycles. The highest BCUT2D eigenvalue weighted by molar-refractivity contribution is 5.08. The van der Waals surface area contributed by atoms with Gasteiger partial charge in [-0.3, -0.25) is 4.98 Å². The van der Waals surface area contributed by atoms with Gasteiger partial charge in [0.1, 0.15) is 0 Å². The molecular formula is C10H14NO. The highest BCUT2D eigenvalue weighted by Gasteiger charge is 1.91. The van der Waals surface area contributed by atoms with Gasteiger partial charge in [0.25, 0.3) is 0 Å². The van der Waals surface area contributed by atoms with Gasteiger partial charge >= 0.3 is 0 Å². The predicted molar refractivity (Wildman–Crippen MR) is 48.7 cm³/mol. The minimum atomic E-state index is 0.563. The molecule has 0 amide bonds. The summed E-state index contributed by atoms with van der Waals surface area (Å²) in [6.45, 7) is 4.95. The summed E-state index contributed by atoms with van der Waals surface area (Å²) in [6.07, 6.45) is 5.76. The van der Waals surface area contributed by atoms with Crippen LogP contribution in [0.5, 0.6) is 0 Å². The van der Waals surface area contributed by atoms with E-state index in [0.29, 0.717) is 6.61 Å². The fourth-order valence-corrected chi connectivity index (χ4v) is 1.03. The van der Waals surface area contributed by atoms with Gasteiger partial charge in [-0.1, -0.05) is 6.07 Å². The largest absolute Gasteiger partial charge is 0.381 e. The first-order valence-electron chi connectivity index (χ1n) is 4.19. The van der Waals surface area contributed by atoms with Crippen LogP contribution in [0, 0.1) is 6.92 Å². The van der Waals surface area contributed by atoms with E-state index in [1.807, 2.05) is 12.3 Å². The highest BCUT2D eigenvalue weighted by atomic mass is 16.5. The summed E-state index contributed by atoms with van der Waals surface area (Å²) in [5.74, 6) is 0. The quantitative estimate of drug-likeness (QED) is 0.620. The maximum Gasteiger partial charge on any atom is 0.0469 e. The van der Waals surface area contributed by atoms with Gasteiger partial charge in [-0.2, -0.15) is 0 Å². The van der Waals surface area contributed by atoms with Gasteiger partial charge in [0.15, 0.2) is 0 Å². The number of aryl methyl sites for hydroxylation is 1. The lowest BCUT2D eigenvalue weighted by molar-refractivity contribution is 0.158. The van der Waals surface area contributed by atoms with Gasteiger partial charge in [-0.05, 0) is 31.4 Å². The summed E-state index contributed by atoms with van der Waals surface area (Å²) in [4.78, 5) is 4.03. The van der Waals surface area contributed by atoms with Crippen molar-refractivity contribution in [1.82, 2.24) is 4.98 Å². The lowest BCUT2D eigenvalue weighted by Gasteiger charge is -2.00. The number of nitrogens with zero attached hydrogens (tertiary/aromatic N) is 1. The van der Waals surface area contributed by atoms with E-state index in [0.717, 1.165) is 19.4 Å². The summed E-state index contributed by atoms with van der Waals surface area (Å²) in [7, 11) is 0. The molecule has 0 aliphatic rings. The molecule has 0 N–H and O–H groups in total. The number of hydrogen-bond donors (Lipinski definition) is 0. The van der Waals surface area contributed by atoms with Crippen molar-refractivity contribution in [3.8, 4) is 0 Å². The average molecular weight is 164 g/mol. The van der Waals surface area contributed by atoms with E-state index in [1.54, 1.807) is 6.20 Å². The molecule has 1 rings (SSSR count). The molecule has 0 unspecified atom stereocenters. The monoisotopic (exact) mass is 164 g/mol. The Bertz CT molecular complexity index is 198. The third-order valence-electron chi connectivity index (χ3n) is 1.62. The minimum absolute atomic E-state index is 0.563. The van der Waals surface area contributed by atoms with Gasteiger partial charge in [0.05, 0.1) is 0 Å². The van der Waals surface area contributed by atoms with Crippen LogP contribution in [-0.4, -0.2) is 18.2 Å². The molecule has 2 nitrogen and oxygen atoms in total. The zero-order valence-corrected chi connectivity index (χ0v) is 7.20. The zero-order chi connectivity index (χ0) is 8.65. The fourth-order valence-electron chi connectivity index (χ4n) is 1.03. The summed E-state index contributed by atoms with van der Waals surface area (Å²) >= 11 is 0. The van der Waals surface area contributed by atoms with E-state index in [9.17, 15) is 0 Å². The Hall–Kier alpha value is -0.890. The van der Waals surface area contributed by atoms with E-state index in [4.69, 9.17) is 4.74 Å². The van der Waals surface area contributed by atoms with Gasteiger partial charge in [0, 0.05) is 25.6 Å². The number of rotatable bonds is 5. The van der Waals surface area contributed by atoms with Crippen LogP contribution in [0.25, 0.3) is 0 Å². The SMILES string of the molecule is [CH2]COCCCc1cccnc1. The molecule has 0 saturated carbocycles. The molecule has 0 fully saturated rings. The van der Waals surface area contributed by atoms with Crippen LogP contribution < -0.4 is 0 Å². The summed E-state index contributed by atoms with van der Waals surface area (Å²) in [5, 5.41) is 0. The van der Waals surface area contributed by atoms with Crippen LogP contribution in [0.15, 0.2) is 24.5 Å². The average Bonchev–Trinajstić information content (AvgIpc) is 2.14. The van der Waals surface area contributed by atoms with Crippen molar-refractivity contribution in [2.75, 3.05) is 13.2 Å². The van der Waals surface area contributed by atoms with Crippen LogP contribution in [0.1, 0.15) is 12.0 Å². The topological polar surface area (TPSA) is 22.1 Å². The number of ether oxygens (including phenoxy) is 1. The molecule has 65 valence electrons. The Morgan fingerprint density at radius 3 is 3.08 bits per heavy atom. The van der Waals surface area contributed by atoms with E-state index in [1.165, 1.54) is 5.56 Å². The molecule has 0 aromatic carbocycles. The molecule has 0 aliphatic heterocycles. The maximum atomic E-state index is 5.12. The number of pyridine rings is 1.